The molecular formula is C11H22O2Si. The highest BCUT2D eigenvalue weighted by Crippen LogP contribution is 2.30. The highest BCUT2D eigenvalue weighted by Gasteiger charge is 2.35. The number of hydrogen-bond acceptors (Lipinski definition) is 2. The highest BCUT2D eigenvalue weighted by molar-refractivity contribution is 6.73. The van der Waals surface area contributed by atoms with Gasteiger partial charge in [-0.25, -0.2) is 0 Å². The summed E-state index contributed by atoms with van der Waals surface area (Å²) in [6, 6.07) is 3.64. The number of rotatable bonds is 7. The molecular weight excluding hydrogens is 192 g/mol. The molecule has 0 amide bonds. The third-order valence-corrected chi connectivity index (χ3v) is 7.92. The maximum absolute atomic E-state index is 6.30. The van der Waals surface area contributed by atoms with Crippen LogP contribution in [0.15, 0.2) is 12.0 Å². The molecule has 1 aliphatic rings. The topological polar surface area (TPSA) is 21.8 Å². The van der Waals surface area contributed by atoms with Crippen molar-refractivity contribution in [2.75, 3.05) is 0 Å². The Morgan fingerprint density at radius 3 is 2.00 bits per heavy atom. The third-order valence-electron chi connectivity index (χ3n) is 3.27. The first-order chi connectivity index (χ1) is 6.71. The van der Waals surface area contributed by atoms with E-state index in [2.05, 4.69) is 27.7 Å². The summed E-state index contributed by atoms with van der Waals surface area (Å²) in [5.74, 6) is 1.06. The lowest BCUT2D eigenvalue weighted by Gasteiger charge is -2.31. The predicted octanol–water partition coefficient (Wildman–Crippen LogP) is 3.66. The van der Waals surface area contributed by atoms with Crippen molar-refractivity contribution in [3.05, 3.63) is 12.0 Å². The van der Waals surface area contributed by atoms with Crippen molar-refractivity contribution in [3.63, 3.8) is 0 Å². The van der Waals surface area contributed by atoms with E-state index in [-0.39, 0.29) is 6.10 Å². The molecule has 0 saturated heterocycles. The van der Waals surface area contributed by atoms with Gasteiger partial charge < -0.3 is 9.16 Å². The van der Waals surface area contributed by atoms with E-state index in [1.807, 2.05) is 6.26 Å². The molecule has 0 saturated carbocycles. The average Bonchev–Trinajstić information content (AvgIpc) is 3.05. The first kappa shape index (κ1) is 11.8. The van der Waals surface area contributed by atoms with Gasteiger partial charge in [0.15, 0.2) is 14.1 Å². The molecule has 1 heterocycles. The summed E-state index contributed by atoms with van der Waals surface area (Å²) in [7, 11) is -1.45. The van der Waals surface area contributed by atoms with Crippen LogP contribution in [0.3, 0.4) is 0 Å². The van der Waals surface area contributed by atoms with Crippen LogP contribution in [0, 0.1) is 0 Å². The molecule has 1 aliphatic heterocycles. The second-order valence-corrected chi connectivity index (χ2v) is 8.62. The van der Waals surface area contributed by atoms with Crippen molar-refractivity contribution < 1.29 is 9.16 Å². The minimum atomic E-state index is -1.45. The maximum Gasteiger partial charge on any atom is 0.193 e. The van der Waals surface area contributed by atoms with Gasteiger partial charge in [-0.2, -0.15) is 0 Å². The largest absolute Gasteiger partial charge is 0.460 e. The standard InChI is InChI=1S/C11H22O2Si/c1-5-10(11-9-12-11)13-14(6-2,7-3)8-4/h9-10H,5-8H2,1-4H3. The van der Waals surface area contributed by atoms with Crippen molar-refractivity contribution >= 4 is 8.32 Å². The van der Waals surface area contributed by atoms with E-state index in [0.29, 0.717) is 0 Å². The van der Waals surface area contributed by atoms with Gasteiger partial charge in [-0.1, -0.05) is 27.7 Å². The van der Waals surface area contributed by atoms with Crippen molar-refractivity contribution in [3.8, 4) is 0 Å². The highest BCUT2D eigenvalue weighted by atomic mass is 28.4. The second-order valence-electron chi connectivity index (χ2n) is 3.90. The van der Waals surface area contributed by atoms with Crippen molar-refractivity contribution in [1.82, 2.24) is 0 Å². The van der Waals surface area contributed by atoms with Crippen LogP contribution < -0.4 is 0 Å². The second kappa shape index (κ2) is 4.98. The zero-order chi connectivity index (χ0) is 10.6. The molecule has 82 valence electrons. The van der Waals surface area contributed by atoms with Gasteiger partial charge in [0.25, 0.3) is 0 Å². The van der Waals surface area contributed by atoms with E-state index in [0.717, 1.165) is 12.2 Å². The van der Waals surface area contributed by atoms with Gasteiger partial charge in [0, 0.05) is 0 Å². The lowest BCUT2D eigenvalue weighted by molar-refractivity contribution is 0.192. The smallest absolute Gasteiger partial charge is 0.193 e. The minimum absolute atomic E-state index is 0.238. The monoisotopic (exact) mass is 214 g/mol. The van der Waals surface area contributed by atoms with Crippen molar-refractivity contribution in [2.45, 2.75) is 58.4 Å². The maximum atomic E-state index is 6.30. The van der Waals surface area contributed by atoms with Crippen molar-refractivity contribution in [1.29, 1.82) is 0 Å². The van der Waals surface area contributed by atoms with Crippen LogP contribution in [0.5, 0.6) is 0 Å². The van der Waals surface area contributed by atoms with E-state index in [1.165, 1.54) is 18.1 Å². The Morgan fingerprint density at radius 1 is 1.21 bits per heavy atom. The van der Waals surface area contributed by atoms with Crippen LogP contribution in [-0.4, -0.2) is 14.4 Å². The Kier molecular flexibility index (Phi) is 4.20. The molecule has 1 rings (SSSR count). The third kappa shape index (κ3) is 2.61. The summed E-state index contributed by atoms with van der Waals surface area (Å²) in [6.45, 7) is 8.93. The summed E-state index contributed by atoms with van der Waals surface area (Å²) < 4.78 is 11.4. The Balaban J connectivity index is 2.56. The Morgan fingerprint density at radius 2 is 1.71 bits per heavy atom. The lowest BCUT2D eigenvalue weighted by Crippen LogP contribution is -2.39. The first-order valence-corrected chi connectivity index (χ1v) is 8.28. The summed E-state index contributed by atoms with van der Waals surface area (Å²) in [6.07, 6.45) is 3.08. The molecule has 1 atom stereocenters. The Labute approximate surface area is 88.4 Å². The minimum Gasteiger partial charge on any atom is -0.460 e. The summed E-state index contributed by atoms with van der Waals surface area (Å²) in [5.41, 5.74) is 0. The van der Waals surface area contributed by atoms with E-state index < -0.39 is 8.32 Å². The van der Waals surface area contributed by atoms with E-state index >= 15 is 0 Å². The van der Waals surface area contributed by atoms with Crippen molar-refractivity contribution in [2.24, 2.45) is 0 Å². The molecule has 0 N–H and O–H groups in total. The molecule has 0 aliphatic carbocycles. The number of ether oxygens (including phenoxy) is 1. The molecule has 1 unspecified atom stereocenters. The summed E-state index contributed by atoms with van der Waals surface area (Å²) in [5, 5.41) is 0. The van der Waals surface area contributed by atoms with Crippen LogP contribution in [0.25, 0.3) is 0 Å². The van der Waals surface area contributed by atoms with Gasteiger partial charge in [-0.15, -0.1) is 0 Å². The van der Waals surface area contributed by atoms with Gasteiger partial charge in [-0.05, 0) is 24.6 Å². The molecule has 0 spiro atoms. The fourth-order valence-electron chi connectivity index (χ4n) is 1.83. The van der Waals surface area contributed by atoms with Gasteiger partial charge in [-0.3, -0.25) is 0 Å². The molecule has 0 bridgehead atoms. The number of hydrogen-bond donors (Lipinski definition) is 0. The summed E-state index contributed by atoms with van der Waals surface area (Å²) >= 11 is 0. The lowest BCUT2D eigenvalue weighted by atomic mass is 10.3. The van der Waals surface area contributed by atoms with Gasteiger partial charge in [0.1, 0.15) is 12.4 Å². The molecule has 14 heavy (non-hydrogen) atoms. The predicted molar refractivity (Wildman–Crippen MR) is 61.5 cm³/mol. The molecule has 0 aromatic carbocycles. The van der Waals surface area contributed by atoms with Gasteiger partial charge in [0.05, 0.1) is 0 Å². The zero-order valence-corrected chi connectivity index (χ0v) is 10.8. The Hall–Kier alpha value is -0.283. The van der Waals surface area contributed by atoms with Crippen LogP contribution >= 0.6 is 0 Å². The quantitative estimate of drug-likeness (QED) is 0.603. The normalized spacial score (nSPS) is 17.3. The summed E-state index contributed by atoms with van der Waals surface area (Å²) in [4.78, 5) is 0. The first-order valence-electron chi connectivity index (χ1n) is 5.75. The molecule has 0 aromatic heterocycles. The SMILES string of the molecule is CCC(O[Si](CC)(CC)CC)C1=CO1. The molecule has 0 fully saturated rings. The van der Waals surface area contributed by atoms with E-state index in [1.54, 1.807) is 0 Å². The molecule has 3 heteroatoms. The van der Waals surface area contributed by atoms with E-state index in [9.17, 15) is 0 Å². The fourth-order valence-corrected chi connectivity index (χ4v) is 4.72. The van der Waals surface area contributed by atoms with Crippen LogP contribution in [0.2, 0.25) is 18.1 Å². The molecule has 0 radical (unpaired) electrons. The Bertz CT molecular complexity index is 201. The van der Waals surface area contributed by atoms with E-state index in [4.69, 9.17) is 9.16 Å². The average molecular weight is 214 g/mol. The van der Waals surface area contributed by atoms with Crippen LogP contribution in [0.4, 0.5) is 0 Å². The van der Waals surface area contributed by atoms with Crippen LogP contribution in [0.1, 0.15) is 34.1 Å². The van der Waals surface area contributed by atoms with Gasteiger partial charge >= 0.3 is 0 Å². The van der Waals surface area contributed by atoms with Crippen LogP contribution in [-0.2, 0) is 9.16 Å². The molecule has 2 nitrogen and oxygen atoms in total. The van der Waals surface area contributed by atoms with Gasteiger partial charge in [0.2, 0.25) is 0 Å². The molecule has 0 aromatic rings. The fraction of sp³-hybridized carbons (Fsp3) is 0.818. The zero-order valence-electron chi connectivity index (χ0n) is 9.80.